The number of carbonyl (C=O) groups is 2. The lowest BCUT2D eigenvalue weighted by Crippen LogP contribution is -2.48. The normalized spacial score (nSPS) is 18.7. The van der Waals surface area contributed by atoms with Crippen molar-refractivity contribution in [3.63, 3.8) is 0 Å². The maximum absolute atomic E-state index is 12.9. The minimum absolute atomic E-state index is 0.0352. The first-order valence-electron chi connectivity index (χ1n) is 9.62. The summed E-state index contributed by atoms with van der Waals surface area (Å²) < 4.78 is 28.2. The van der Waals surface area contributed by atoms with Gasteiger partial charge in [-0.1, -0.05) is 44.5 Å². The Morgan fingerprint density at radius 1 is 1.23 bits per heavy atom. The van der Waals surface area contributed by atoms with E-state index in [0.29, 0.717) is 10.4 Å². The minimum atomic E-state index is -3.96. The van der Waals surface area contributed by atoms with Crippen LogP contribution >= 0.6 is 11.6 Å². The molecule has 7 nitrogen and oxygen atoms in total. The molecule has 3 rings (SSSR count). The Labute approximate surface area is 181 Å². The number of hydrogen-bond acceptors (Lipinski definition) is 4. The largest absolute Gasteiger partial charge is 0.480 e. The van der Waals surface area contributed by atoms with Gasteiger partial charge in [-0.15, -0.1) is 0 Å². The lowest BCUT2D eigenvalue weighted by atomic mass is 9.87. The van der Waals surface area contributed by atoms with Crippen LogP contribution in [0.2, 0.25) is 5.02 Å². The molecule has 2 aromatic carbocycles. The fraction of sp³-hybridized carbons (Fsp3) is 0.429. The zero-order chi connectivity index (χ0) is 22.3. The lowest BCUT2D eigenvalue weighted by Gasteiger charge is -2.30. The first kappa shape index (κ1) is 22.5. The van der Waals surface area contributed by atoms with Crippen molar-refractivity contribution in [2.24, 2.45) is 5.41 Å². The average molecular weight is 453 g/mol. The van der Waals surface area contributed by atoms with E-state index in [2.05, 4.69) is 4.72 Å². The number of nitrogens with one attached hydrogen (secondary N) is 1. The summed E-state index contributed by atoms with van der Waals surface area (Å²) in [5.74, 6) is -1.60. The molecule has 1 heterocycles. The van der Waals surface area contributed by atoms with Crippen LogP contribution in [-0.4, -0.2) is 48.9 Å². The predicted molar refractivity (Wildman–Crippen MR) is 115 cm³/mol. The van der Waals surface area contributed by atoms with E-state index in [9.17, 15) is 23.1 Å². The molecule has 1 aliphatic rings. The van der Waals surface area contributed by atoms with E-state index in [1.165, 1.54) is 17.0 Å². The van der Waals surface area contributed by atoms with Gasteiger partial charge in [-0.05, 0) is 53.3 Å². The molecule has 1 fully saturated rings. The standard InChI is InChI=1S/C21H25ClN2O5S/c1-21(2,3)12-18(20(26)27)24-9-8-17(19(24)25)23-30(28,29)16-7-5-13-10-15(22)6-4-14(13)11-16/h4-7,10-11,17-18,23H,8-9,12H2,1-3H3,(H,26,27)/t17-,18+/m1/s1. The van der Waals surface area contributed by atoms with E-state index in [1.807, 2.05) is 20.8 Å². The Bertz CT molecular complexity index is 1090. The van der Waals surface area contributed by atoms with Crippen LogP contribution in [0.4, 0.5) is 0 Å². The first-order chi connectivity index (χ1) is 13.9. The van der Waals surface area contributed by atoms with E-state index in [0.717, 1.165) is 5.39 Å². The summed E-state index contributed by atoms with van der Waals surface area (Å²) in [4.78, 5) is 25.8. The number of rotatable bonds is 6. The Kier molecular flexibility index (Phi) is 6.13. The quantitative estimate of drug-likeness (QED) is 0.700. The van der Waals surface area contributed by atoms with Gasteiger partial charge in [0.1, 0.15) is 12.1 Å². The minimum Gasteiger partial charge on any atom is -0.480 e. The van der Waals surface area contributed by atoms with E-state index in [4.69, 9.17) is 11.6 Å². The van der Waals surface area contributed by atoms with Crippen LogP contribution in [0.25, 0.3) is 10.8 Å². The number of aliphatic carboxylic acids is 1. The van der Waals surface area contributed by atoms with Crippen LogP contribution in [0.15, 0.2) is 41.3 Å². The molecule has 9 heteroatoms. The number of fused-ring (bicyclic) bond motifs is 1. The highest BCUT2D eigenvalue weighted by molar-refractivity contribution is 7.89. The highest BCUT2D eigenvalue weighted by Gasteiger charge is 2.42. The third-order valence-corrected chi connectivity index (χ3v) is 6.79. The second kappa shape index (κ2) is 8.17. The van der Waals surface area contributed by atoms with Gasteiger partial charge in [-0.3, -0.25) is 4.79 Å². The van der Waals surface area contributed by atoms with Gasteiger partial charge in [0.05, 0.1) is 4.90 Å². The number of carboxylic acids is 1. The summed E-state index contributed by atoms with van der Waals surface area (Å²) in [6.45, 7) is 5.89. The maximum Gasteiger partial charge on any atom is 0.326 e. The molecule has 1 amide bonds. The number of hydrogen-bond donors (Lipinski definition) is 2. The molecule has 0 aliphatic carbocycles. The van der Waals surface area contributed by atoms with Gasteiger partial charge in [0, 0.05) is 11.6 Å². The number of nitrogens with zero attached hydrogens (tertiary/aromatic N) is 1. The van der Waals surface area contributed by atoms with Crippen molar-refractivity contribution >= 4 is 44.3 Å². The summed E-state index contributed by atoms with van der Waals surface area (Å²) in [6, 6.07) is 7.79. The molecule has 2 N–H and O–H groups in total. The lowest BCUT2D eigenvalue weighted by molar-refractivity contribution is -0.149. The first-order valence-corrected chi connectivity index (χ1v) is 11.5. The molecule has 0 saturated carbocycles. The van der Waals surface area contributed by atoms with Crippen LogP contribution in [-0.2, 0) is 19.6 Å². The molecular formula is C21H25ClN2O5S. The van der Waals surface area contributed by atoms with Gasteiger partial charge in [-0.2, -0.15) is 4.72 Å². The molecule has 162 valence electrons. The molecule has 30 heavy (non-hydrogen) atoms. The fourth-order valence-electron chi connectivity index (χ4n) is 3.65. The fourth-order valence-corrected chi connectivity index (χ4v) is 5.09. The maximum atomic E-state index is 12.9. The number of carbonyl (C=O) groups excluding carboxylic acids is 1. The van der Waals surface area contributed by atoms with E-state index in [1.54, 1.807) is 24.3 Å². The molecular weight excluding hydrogens is 428 g/mol. The summed E-state index contributed by atoms with van der Waals surface area (Å²) in [5, 5.41) is 11.6. The Hall–Kier alpha value is -2.16. The van der Waals surface area contributed by atoms with Crippen LogP contribution in [0, 0.1) is 5.41 Å². The number of halogens is 1. The monoisotopic (exact) mass is 452 g/mol. The molecule has 0 bridgehead atoms. The van der Waals surface area contributed by atoms with Crippen molar-refractivity contribution in [3.8, 4) is 0 Å². The molecule has 0 spiro atoms. The number of benzene rings is 2. The van der Waals surface area contributed by atoms with E-state index >= 15 is 0 Å². The van der Waals surface area contributed by atoms with E-state index in [-0.39, 0.29) is 29.7 Å². The summed E-state index contributed by atoms with van der Waals surface area (Å²) in [7, 11) is -3.96. The van der Waals surface area contributed by atoms with Crippen molar-refractivity contribution in [1.29, 1.82) is 0 Å². The number of carboxylic acid groups (broad SMARTS) is 1. The molecule has 1 aliphatic heterocycles. The number of sulfonamides is 1. The van der Waals surface area contributed by atoms with Crippen molar-refractivity contribution in [3.05, 3.63) is 41.4 Å². The van der Waals surface area contributed by atoms with Gasteiger partial charge in [0.15, 0.2) is 0 Å². The number of amides is 1. The third-order valence-electron chi connectivity index (χ3n) is 5.09. The van der Waals surface area contributed by atoms with Crippen LogP contribution in [0.5, 0.6) is 0 Å². The predicted octanol–water partition coefficient (Wildman–Crippen LogP) is 3.26. The zero-order valence-electron chi connectivity index (χ0n) is 17.1. The van der Waals surface area contributed by atoms with Crippen LogP contribution < -0.4 is 4.72 Å². The molecule has 1 saturated heterocycles. The second-order valence-electron chi connectivity index (χ2n) is 8.77. The van der Waals surface area contributed by atoms with Crippen molar-refractivity contribution in [2.75, 3.05) is 6.54 Å². The summed E-state index contributed by atoms with van der Waals surface area (Å²) in [6.07, 6.45) is 0.496. The van der Waals surface area contributed by atoms with E-state index < -0.39 is 34.0 Å². The van der Waals surface area contributed by atoms with Crippen LogP contribution in [0.1, 0.15) is 33.6 Å². The van der Waals surface area contributed by atoms with Crippen LogP contribution in [0.3, 0.4) is 0 Å². The van der Waals surface area contributed by atoms with Gasteiger partial charge in [0.2, 0.25) is 15.9 Å². The molecule has 2 atom stereocenters. The van der Waals surface area contributed by atoms with Crippen molar-refractivity contribution < 1.29 is 23.1 Å². The topological polar surface area (TPSA) is 104 Å². The average Bonchev–Trinajstić information content (AvgIpc) is 2.98. The van der Waals surface area contributed by atoms with Gasteiger partial charge in [0.25, 0.3) is 0 Å². The Balaban J connectivity index is 1.80. The Morgan fingerprint density at radius 2 is 1.87 bits per heavy atom. The summed E-state index contributed by atoms with van der Waals surface area (Å²) in [5.41, 5.74) is -0.297. The highest BCUT2D eigenvalue weighted by Crippen LogP contribution is 2.28. The SMILES string of the molecule is CC(C)(C)C[C@@H](C(=O)O)N1CC[C@@H](NS(=O)(=O)c2ccc3cc(Cl)ccc3c2)C1=O. The number of likely N-dealkylation sites (tertiary alicyclic amines) is 1. The summed E-state index contributed by atoms with van der Waals surface area (Å²) >= 11 is 5.96. The smallest absolute Gasteiger partial charge is 0.326 e. The van der Waals surface area contributed by atoms with Gasteiger partial charge >= 0.3 is 5.97 Å². The third kappa shape index (κ3) is 4.94. The van der Waals surface area contributed by atoms with Crippen molar-refractivity contribution in [2.45, 2.75) is 50.6 Å². The molecule has 0 aromatic heterocycles. The molecule has 0 radical (unpaired) electrons. The van der Waals surface area contributed by atoms with Crippen molar-refractivity contribution in [1.82, 2.24) is 9.62 Å². The second-order valence-corrected chi connectivity index (χ2v) is 10.9. The highest BCUT2D eigenvalue weighted by atomic mass is 35.5. The Morgan fingerprint density at radius 3 is 2.50 bits per heavy atom. The zero-order valence-corrected chi connectivity index (χ0v) is 18.6. The molecule has 0 unspecified atom stereocenters. The molecule has 2 aromatic rings. The van der Waals surface area contributed by atoms with Gasteiger partial charge < -0.3 is 10.0 Å². The van der Waals surface area contributed by atoms with Gasteiger partial charge in [-0.25, -0.2) is 13.2 Å².